The highest BCUT2D eigenvalue weighted by atomic mass is 16.5. The Kier molecular flexibility index (Phi) is 6.27. The van der Waals surface area contributed by atoms with Crippen LogP contribution >= 0.6 is 0 Å². The highest BCUT2D eigenvalue weighted by Crippen LogP contribution is 2.34. The van der Waals surface area contributed by atoms with Crippen LogP contribution in [0.2, 0.25) is 0 Å². The number of guanidine groups is 1. The summed E-state index contributed by atoms with van der Waals surface area (Å²) in [5.41, 5.74) is 2.13. The monoisotopic (exact) mass is 336 g/mol. The Bertz CT molecular complexity index is 540. The Labute approximate surface area is 145 Å². The molecular formula is C18H32N4O2. The lowest BCUT2D eigenvalue weighted by Crippen LogP contribution is -2.43. The molecule has 2 N–H and O–H groups in total. The molecule has 6 heteroatoms. The Hall–Kier alpha value is -1.56. The molecule has 0 bridgehead atoms. The van der Waals surface area contributed by atoms with Gasteiger partial charge in [-0.2, -0.15) is 0 Å². The second kappa shape index (κ2) is 8.01. The van der Waals surface area contributed by atoms with E-state index in [0.717, 1.165) is 49.1 Å². The minimum Gasteiger partial charge on any atom is -0.377 e. The normalized spacial score (nSPS) is 22.0. The molecule has 0 aliphatic carbocycles. The van der Waals surface area contributed by atoms with E-state index in [0.29, 0.717) is 12.5 Å². The first-order chi connectivity index (χ1) is 11.3. The van der Waals surface area contributed by atoms with E-state index in [1.54, 1.807) is 0 Å². The molecule has 6 nitrogen and oxygen atoms in total. The van der Waals surface area contributed by atoms with Crippen molar-refractivity contribution in [1.29, 1.82) is 0 Å². The van der Waals surface area contributed by atoms with Gasteiger partial charge in [-0.3, -0.25) is 0 Å². The minimum absolute atomic E-state index is 0.162. The number of hydrogen-bond donors (Lipinski definition) is 2. The second-order valence-electron chi connectivity index (χ2n) is 7.58. The molecule has 0 aromatic carbocycles. The molecule has 2 atom stereocenters. The number of aliphatic imine (C=N–C) groups is 1. The average Bonchev–Trinajstić information content (AvgIpc) is 3.10. The van der Waals surface area contributed by atoms with Gasteiger partial charge in [-0.15, -0.1) is 0 Å². The second-order valence-corrected chi connectivity index (χ2v) is 7.58. The van der Waals surface area contributed by atoms with Crippen LogP contribution in [0, 0.1) is 25.2 Å². The molecule has 1 aromatic rings. The molecule has 2 unspecified atom stereocenters. The van der Waals surface area contributed by atoms with Crippen LogP contribution < -0.4 is 10.6 Å². The molecule has 136 valence electrons. The molecule has 0 radical (unpaired) electrons. The summed E-state index contributed by atoms with van der Waals surface area (Å²) >= 11 is 0. The largest absolute Gasteiger partial charge is 0.377 e. The number of aromatic nitrogens is 1. The Balaban J connectivity index is 1.97. The van der Waals surface area contributed by atoms with Crippen molar-refractivity contribution in [2.75, 3.05) is 19.7 Å². The first kappa shape index (κ1) is 18.8. The van der Waals surface area contributed by atoms with Crippen molar-refractivity contribution < 1.29 is 9.26 Å². The van der Waals surface area contributed by atoms with Crippen LogP contribution in [0.4, 0.5) is 0 Å². The molecule has 2 rings (SSSR count). The lowest BCUT2D eigenvalue weighted by atomic mass is 9.81. The van der Waals surface area contributed by atoms with Crippen LogP contribution in [0.3, 0.4) is 0 Å². The fraction of sp³-hybridized carbons (Fsp3) is 0.778. The van der Waals surface area contributed by atoms with Gasteiger partial charge in [-0.1, -0.05) is 25.9 Å². The van der Waals surface area contributed by atoms with Gasteiger partial charge >= 0.3 is 0 Å². The first-order valence-electron chi connectivity index (χ1n) is 8.88. The van der Waals surface area contributed by atoms with Gasteiger partial charge in [0.1, 0.15) is 5.76 Å². The number of nitrogens with zero attached hydrogens (tertiary/aromatic N) is 2. The van der Waals surface area contributed by atoms with E-state index in [1.807, 2.05) is 13.8 Å². The van der Waals surface area contributed by atoms with Gasteiger partial charge in [0.2, 0.25) is 0 Å². The van der Waals surface area contributed by atoms with Crippen molar-refractivity contribution >= 4 is 5.96 Å². The van der Waals surface area contributed by atoms with E-state index in [2.05, 4.69) is 48.5 Å². The third-order valence-electron chi connectivity index (χ3n) is 4.52. The number of nitrogens with one attached hydrogen (secondary N) is 2. The smallest absolute Gasteiger partial charge is 0.191 e. The molecule has 1 fully saturated rings. The van der Waals surface area contributed by atoms with Crippen LogP contribution in [0.1, 0.15) is 51.1 Å². The van der Waals surface area contributed by atoms with Crippen molar-refractivity contribution in [3.8, 4) is 0 Å². The number of hydrogen-bond acceptors (Lipinski definition) is 4. The molecule has 1 aliphatic rings. The van der Waals surface area contributed by atoms with Crippen LogP contribution in [0.5, 0.6) is 0 Å². The van der Waals surface area contributed by atoms with Crippen LogP contribution in [-0.4, -0.2) is 36.9 Å². The summed E-state index contributed by atoms with van der Waals surface area (Å²) in [5.74, 6) is 2.18. The maximum Gasteiger partial charge on any atom is 0.191 e. The Morgan fingerprint density at radius 1 is 1.29 bits per heavy atom. The summed E-state index contributed by atoms with van der Waals surface area (Å²) in [6.07, 6.45) is 1.38. The molecule has 1 aromatic heterocycles. The van der Waals surface area contributed by atoms with Crippen LogP contribution in [0.15, 0.2) is 9.52 Å². The number of ether oxygens (including phenoxy) is 1. The summed E-state index contributed by atoms with van der Waals surface area (Å²) in [7, 11) is 0. The topological polar surface area (TPSA) is 71.7 Å². The van der Waals surface area contributed by atoms with Gasteiger partial charge in [-0.25, -0.2) is 4.99 Å². The van der Waals surface area contributed by atoms with E-state index in [4.69, 9.17) is 9.26 Å². The van der Waals surface area contributed by atoms with Gasteiger partial charge in [0, 0.05) is 31.2 Å². The van der Waals surface area contributed by atoms with Gasteiger partial charge in [0.15, 0.2) is 5.96 Å². The zero-order valence-electron chi connectivity index (χ0n) is 15.9. The standard InChI is InChI=1S/C18H32N4O2/c1-7-19-17(21-11-15-12(2)22-24-13(15)3)20-10-14-8-9-23-16(14)18(4,5)6/h14,16H,7-11H2,1-6H3,(H2,19,20,21). The van der Waals surface area contributed by atoms with E-state index >= 15 is 0 Å². The maximum absolute atomic E-state index is 5.95. The molecule has 0 amide bonds. The molecule has 2 heterocycles. The lowest BCUT2D eigenvalue weighted by molar-refractivity contribution is 0.00801. The summed E-state index contributed by atoms with van der Waals surface area (Å²) in [6.45, 7) is 15.8. The highest BCUT2D eigenvalue weighted by Gasteiger charge is 2.37. The fourth-order valence-corrected chi connectivity index (χ4v) is 3.26. The van der Waals surface area contributed by atoms with Crippen molar-refractivity contribution in [1.82, 2.24) is 15.8 Å². The average molecular weight is 336 g/mol. The molecule has 0 spiro atoms. The summed E-state index contributed by atoms with van der Waals surface area (Å²) in [6, 6.07) is 0. The van der Waals surface area contributed by atoms with E-state index in [1.165, 1.54) is 0 Å². The summed E-state index contributed by atoms with van der Waals surface area (Å²) in [5, 5.41) is 10.8. The Morgan fingerprint density at radius 3 is 2.62 bits per heavy atom. The third kappa shape index (κ3) is 4.72. The SMILES string of the molecule is CCNC(=NCc1c(C)noc1C)NCC1CCOC1C(C)(C)C. The van der Waals surface area contributed by atoms with E-state index in [-0.39, 0.29) is 11.5 Å². The van der Waals surface area contributed by atoms with E-state index < -0.39 is 0 Å². The quantitative estimate of drug-likeness (QED) is 0.639. The molecule has 1 saturated heterocycles. The van der Waals surface area contributed by atoms with Crippen molar-refractivity contribution in [2.45, 2.75) is 60.6 Å². The van der Waals surface area contributed by atoms with Crippen LogP contribution in [0.25, 0.3) is 0 Å². The zero-order chi connectivity index (χ0) is 17.7. The van der Waals surface area contributed by atoms with Gasteiger partial charge in [0.25, 0.3) is 0 Å². The molecule has 24 heavy (non-hydrogen) atoms. The van der Waals surface area contributed by atoms with E-state index in [9.17, 15) is 0 Å². The lowest BCUT2D eigenvalue weighted by Gasteiger charge is -2.31. The number of rotatable bonds is 5. The third-order valence-corrected chi connectivity index (χ3v) is 4.52. The van der Waals surface area contributed by atoms with Crippen molar-refractivity contribution in [3.63, 3.8) is 0 Å². The highest BCUT2D eigenvalue weighted by molar-refractivity contribution is 5.79. The molecular weight excluding hydrogens is 304 g/mol. The molecule has 1 aliphatic heterocycles. The Morgan fingerprint density at radius 2 is 2.04 bits per heavy atom. The maximum atomic E-state index is 5.95. The fourth-order valence-electron chi connectivity index (χ4n) is 3.26. The van der Waals surface area contributed by atoms with Gasteiger partial charge in [0.05, 0.1) is 18.3 Å². The summed E-state index contributed by atoms with van der Waals surface area (Å²) < 4.78 is 11.2. The summed E-state index contributed by atoms with van der Waals surface area (Å²) in [4.78, 5) is 4.68. The zero-order valence-corrected chi connectivity index (χ0v) is 15.9. The van der Waals surface area contributed by atoms with Gasteiger partial charge < -0.3 is 19.9 Å². The minimum atomic E-state index is 0.162. The predicted molar refractivity (Wildman–Crippen MR) is 96.1 cm³/mol. The van der Waals surface area contributed by atoms with Crippen molar-refractivity contribution in [3.05, 3.63) is 17.0 Å². The number of aryl methyl sites for hydroxylation is 2. The van der Waals surface area contributed by atoms with Crippen molar-refractivity contribution in [2.24, 2.45) is 16.3 Å². The van der Waals surface area contributed by atoms with Gasteiger partial charge in [-0.05, 0) is 32.6 Å². The van der Waals surface area contributed by atoms with Crippen LogP contribution in [-0.2, 0) is 11.3 Å². The first-order valence-corrected chi connectivity index (χ1v) is 8.88. The predicted octanol–water partition coefficient (Wildman–Crippen LogP) is 2.80. The molecule has 0 saturated carbocycles.